The first-order valence-corrected chi connectivity index (χ1v) is 8.52. The van der Waals surface area contributed by atoms with E-state index in [-0.39, 0.29) is 12.4 Å². The van der Waals surface area contributed by atoms with E-state index in [2.05, 4.69) is 15.4 Å². The molecule has 27 heavy (non-hydrogen) atoms. The van der Waals surface area contributed by atoms with Gasteiger partial charge in [0.1, 0.15) is 19.5 Å². The molecule has 2 aromatic carbocycles. The Morgan fingerprint density at radius 2 is 1.93 bits per heavy atom. The van der Waals surface area contributed by atoms with Crippen molar-refractivity contribution in [3.8, 4) is 11.5 Å². The minimum absolute atomic E-state index is 0.0187. The number of amides is 1. The van der Waals surface area contributed by atoms with Crippen molar-refractivity contribution in [2.45, 2.75) is 12.6 Å². The van der Waals surface area contributed by atoms with Crippen LogP contribution >= 0.6 is 0 Å². The number of carbonyl (C=O) groups is 1. The Morgan fingerprint density at radius 1 is 1.15 bits per heavy atom. The van der Waals surface area contributed by atoms with Crippen LogP contribution in [0.2, 0.25) is 0 Å². The van der Waals surface area contributed by atoms with Crippen molar-refractivity contribution in [2.75, 3.05) is 18.5 Å². The van der Waals surface area contributed by atoms with Gasteiger partial charge in [0.2, 0.25) is 5.82 Å². The fourth-order valence-corrected chi connectivity index (χ4v) is 2.75. The number of anilines is 1. The first-order valence-electron chi connectivity index (χ1n) is 8.52. The van der Waals surface area contributed by atoms with Crippen LogP contribution in [0.4, 0.5) is 5.69 Å². The minimum Gasteiger partial charge on any atom is -0.486 e. The van der Waals surface area contributed by atoms with E-state index in [9.17, 15) is 9.90 Å². The van der Waals surface area contributed by atoms with Gasteiger partial charge in [0.25, 0.3) is 5.91 Å². The lowest BCUT2D eigenvalue weighted by Gasteiger charge is -2.18. The highest BCUT2D eigenvalue weighted by molar-refractivity contribution is 6.01. The summed E-state index contributed by atoms with van der Waals surface area (Å²) < 4.78 is 12.4. The number of benzene rings is 2. The smallest absolute Gasteiger partial charge is 0.295 e. The molecule has 0 saturated heterocycles. The lowest BCUT2D eigenvalue weighted by Crippen LogP contribution is -2.17. The molecule has 0 spiro atoms. The Morgan fingerprint density at radius 3 is 2.74 bits per heavy atom. The molecule has 8 nitrogen and oxygen atoms in total. The zero-order valence-electron chi connectivity index (χ0n) is 14.4. The Hall–Kier alpha value is -3.39. The Bertz CT molecular complexity index is 942. The largest absolute Gasteiger partial charge is 0.486 e. The van der Waals surface area contributed by atoms with E-state index < -0.39 is 12.0 Å². The maximum Gasteiger partial charge on any atom is 0.295 e. The molecule has 2 heterocycles. The molecule has 4 rings (SSSR count). The third-order valence-electron chi connectivity index (χ3n) is 4.08. The van der Waals surface area contributed by atoms with Crippen molar-refractivity contribution in [3.05, 3.63) is 66.2 Å². The number of hydrogen-bond acceptors (Lipinski definition) is 6. The van der Waals surface area contributed by atoms with Crippen LogP contribution in [0, 0.1) is 0 Å². The molecule has 0 fully saturated rings. The van der Waals surface area contributed by atoms with Crippen LogP contribution in [-0.4, -0.2) is 39.0 Å². The van der Waals surface area contributed by atoms with Crippen molar-refractivity contribution in [1.82, 2.24) is 14.8 Å². The number of ether oxygens (including phenoxy) is 2. The predicted octanol–water partition coefficient (Wildman–Crippen LogP) is 2.04. The molecular weight excluding hydrogens is 348 g/mol. The first-order chi connectivity index (χ1) is 13.2. The molecule has 1 aliphatic rings. The lowest BCUT2D eigenvalue weighted by atomic mass is 10.1. The zero-order valence-corrected chi connectivity index (χ0v) is 14.4. The van der Waals surface area contributed by atoms with Crippen molar-refractivity contribution >= 4 is 11.6 Å². The van der Waals surface area contributed by atoms with Crippen molar-refractivity contribution in [2.24, 2.45) is 0 Å². The molecule has 3 aromatic rings. The van der Waals surface area contributed by atoms with E-state index in [1.54, 1.807) is 18.2 Å². The topological polar surface area (TPSA) is 98.5 Å². The SMILES string of the molecule is O=C(Nc1ccc2c(c1)OCCO2)c1ncn(C[C@@H](O)c2ccccc2)n1. The number of carbonyl (C=O) groups excluding carboxylic acids is 1. The molecule has 0 radical (unpaired) electrons. The molecular formula is C19H18N4O4. The number of nitrogens with one attached hydrogen (secondary N) is 1. The van der Waals surface area contributed by atoms with Gasteiger partial charge in [-0.05, 0) is 17.7 Å². The fourth-order valence-electron chi connectivity index (χ4n) is 2.75. The standard InChI is InChI=1S/C19H18N4O4/c24-15(13-4-2-1-3-5-13)11-23-12-20-18(22-23)19(25)21-14-6-7-16-17(10-14)27-9-8-26-16/h1-7,10,12,15,24H,8-9,11H2,(H,21,25)/t15-/m1/s1. The van der Waals surface area contributed by atoms with E-state index in [4.69, 9.17) is 9.47 Å². The van der Waals surface area contributed by atoms with Crippen LogP contribution in [0.5, 0.6) is 11.5 Å². The molecule has 138 valence electrons. The van der Waals surface area contributed by atoms with Crippen LogP contribution in [-0.2, 0) is 6.54 Å². The third kappa shape index (κ3) is 3.90. The Labute approximate surface area is 155 Å². The number of rotatable bonds is 5. The van der Waals surface area contributed by atoms with Gasteiger partial charge in [0, 0.05) is 11.8 Å². The zero-order chi connectivity index (χ0) is 18.6. The number of nitrogens with zero attached hydrogens (tertiary/aromatic N) is 3. The second-order valence-electron chi connectivity index (χ2n) is 6.03. The van der Waals surface area contributed by atoms with E-state index in [1.165, 1.54) is 11.0 Å². The summed E-state index contributed by atoms with van der Waals surface area (Å²) in [7, 11) is 0. The highest BCUT2D eigenvalue weighted by Gasteiger charge is 2.16. The maximum atomic E-state index is 12.4. The highest BCUT2D eigenvalue weighted by Crippen LogP contribution is 2.32. The first kappa shape index (κ1) is 17.0. The highest BCUT2D eigenvalue weighted by atomic mass is 16.6. The maximum absolute atomic E-state index is 12.4. The molecule has 2 N–H and O–H groups in total. The molecule has 1 atom stereocenters. The summed E-state index contributed by atoms with van der Waals surface area (Å²) >= 11 is 0. The van der Waals surface area contributed by atoms with Gasteiger partial charge >= 0.3 is 0 Å². The van der Waals surface area contributed by atoms with Crippen LogP contribution in [0.3, 0.4) is 0 Å². The van der Waals surface area contributed by atoms with Crippen LogP contribution in [0.15, 0.2) is 54.9 Å². The van der Waals surface area contributed by atoms with Crippen molar-refractivity contribution in [1.29, 1.82) is 0 Å². The number of hydrogen-bond donors (Lipinski definition) is 2. The summed E-state index contributed by atoms with van der Waals surface area (Å²) in [5.74, 6) is 0.810. The quantitative estimate of drug-likeness (QED) is 0.717. The second kappa shape index (κ2) is 7.46. The van der Waals surface area contributed by atoms with Crippen molar-refractivity contribution < 1.29 is 19.4 Å². The molecule has 0 saturated carbocycles. The van der Waals surface area contributed by atoms with Gasteiger partial charge < -0.3 is 19.9 Å². The van der Waals surface area contributed by atoms with Crippen LogP contribution in [0.1, 0.15) is 22.3 Å². The monoisotopic (exact) mass is 366 g/mol. The van der Waals surface area contributed by atoms with Gasteiger partial charge in [0.05, 0.1) is 12.6 Å². The van der Waals surface area contributed by atoms with Gasteiger partial charge in [-0.3, -0.25) is 4.79 Å². The van der Waals surface area contributed by atoms with E-state index in [1.807, 2.05) is 30.3 Å². The summed E-state index contributed by atoms with van der Waals surface area (Å²) in [5, 5.41) is 17.1. The van der Waals surface area contributed by atoms with Gasteiger partial charge in [-0.2, -0.15) is 0 Å². The number of aliphatic hydroxyl groups excluding tert-OH is 1. The Balaban J connectivity index is 1.41. The molecule has 1 aromatic heterocycles. The van der Waals surface area contributed by atoms with Gasteiger partial charge in [-0.15, -0.1) is 5.10 Å². The third-order valence-corrected chi connectivity index (χ3v) is 4.08. The van der Waals surface area contributed by atoms with E-state index in [0.717, 1.165) is 5.56 Å². The minimum atomic E-state index is -0.735. The lowest BCUT2D eigenvalue weighted by molar-refractivity contribution is 0.101. The number of aliphatic hydroxyl groups is 1. The summed E-state index contributed by atoms with van der Waals surface area (Å²) in [6.45, 7) is 1.18. The molecule has 1 amide bonds. The molecule has 8 heteroatoms. The molecule has 0 unspecified atom stereocenters. The predicted molar refractivity (Wildman–Crippen MR) is 96.8 cm³/mol. The van der Waals surface area contributed by atoms with Gasteiger partial charge in [-0.1, -0.05) is 30.3 Å². The van der Waals surface area contributed by atoms with Crippen molar-refractivity contribution in [3.63, 3.8) is 0 Å². The average Bonchev–Trinajstić information content (AvgIpc) is 3.17. The molecule has 1 aliphatic heterocycles. The molecule has 0 bridgehead atoms. The molecule has 0 aliphatic carbocycles. The number of aromatic nitrogens is 3. The van der Waals surface area contributed by atoms with Crippen LogP contribution in [0.25, 0.3) is 0 Å². The summed E-state index contributed by atoms with van der Waals surface area (Å²) in [6, 6.07) is 14.4. The summed E-state index contributed by atoms with van der Waals surface area (Å²) in [4.78, 5) is 16.4. The number of fused-ring (bicyclic) bond motifs is 1. The van der Waals surface area contributed by atoms with Crippen LogP contribution < -0.4 is 14.8 Å². The second-order valence-corrected chi connectivity index (χ2v) is 6.03. The Kier molecular flexibility index (Phi) is 4.71. The van der Waals surface area contributed by atoms with E-state index >= 15 is 0 Å². The van der Waals surface area contributed by atoms with E-state index in [0.29, 0.717) is 30.4 Å². The van der Waals surface area contributed by atoms with Gasteiger partial charge in [-0.25, -0.2) is 9.67 Å². The average molecular weight is 366 g/mol. The fraction of sp³-hybridized carbons (Fsp3) is 0.211. The summed E-state index contributed by atoms with van der Waals surface area (Å²) in [6.07, 6.45) is 0.687. The van der Waals surface area contributed by atoms with Gasteiger partial charge in [0.15, 0.2) is 11.5 Å². The normalized spacial score (nSPS) is 13.8. The summed E-state index contributed by atoms with van der Waals surface area (Å²) in [5.41, 5.74) is 1.33.